The predicted octanol–water partition coefficient (Wildman–Crippen LogP) is 1.21. The molecule has 4 heteroatoms. The number of likely N-dealkylation sites (N-methyl/N-ethyl adjacent to an activating group) is 1. The Morgan fingerprint density at radius 2 is 1.94 bits per heavy atom. The van der Waals surface area contributed by atoms with Gasteiger partial charge < -0.3 is 15.5 Å². The molecule has 0 bridgehead atoms. The number of para-hydroxylation sites is 2. The molecule has 18 heavy (non-hydrogen) atoms. The number of carbonyl (C=O) groups is 1. The van der Waals surface area contributed by atoms with Crippen LogP contribution in [0.25, 0.3) is 0 Å². The van der Waals surface area contributed by atoms with Crippen LogP contribution in [0.3, 0.4) is 0 Å². The van der Waals surface area contributed by atoms with Gasteiger partial charge in [-0.05, 0) is 30.9 Å². The van der Waals surface area contributed by atoms with E-state index in [1.807, 2.05) is 25.2 Å². The maximum Gasteiger partial charge on any atom is 0.245 e. The number of hydrogen-bond acceptors (Lipinski definition) is 3. The molecule has 0 radical (unpaired) electrons. The number of amides is 1. The van der Waals surface area contributed by atoms with Crippen molar-refractivity contribution in [3.05, 3.63) is 24.3 Å². The first-order chi connectivity index (χ1) is 8.66. The highest BCUT2D eigenvalue weighted by molar-refractivity contribution is 6.01. The Balaban J connectivity index is 1.99. The van der Waals surface area contributed by atoms with Crippen molar-refractivity contribution < 1.29 is 4.79 Å². The molecule has 1 aliphatic heterocycles. The van der Waals surface area contributed by atoms with Crippen LogP contribution in [0, 0.1) is 5.92 Å². The van der Waals surface area contributed by atoms with Gasteiger partial charge in [0, 0.05) is 20.1 Å². The van der Waals surface area contributed by atoms with Crippen molar-refractivity contribution >= 4 is 17.3 Å². The summed E-state index contributed by atoms with van der Waals surface area (Å²) in [4.78, 5) is 16.1. The molecule has 1 aromatic carbocycles. The average molecular weight is 245 g/mol. The van der Waals surface area contributed by atoms with Gasteiger partial charge in [0.1, 0.15) is 6.04 Å². The second-order valence-corrected chi connectivity index (χ2v) is 5.34. The molecule has 0 saturated heterocycles. The number of anilines is 2. The minimum atomic E-state index is -0.429. The Labute approximate surface area is 107 Å². The van der Waals surface area contributed by atoms with Crippen LogP contribution in [0.1, 0.15) is 12.8 Å². The van der Waals surface area contributed by atoms with Crippen molar-refractivity contribution in [1.82, 2.24) is 0 Å². The molecule has 1 fully saturated rings. The van der Waals surface area contributed by atoms with Crippen molar-refractivity contribution in [2.45, 2.75) is 18.9 Å². The van der Waals surface area contributed by atoms with Crippen LogP contribution < -0.4 is 15.5 Å². The first kappa shape index (κ1) is 11.5. The summed E-state index contributed by atoms with van der Waals surface area (Å²) in [5.41, 5.74) is 8.10. The molecular formula is C14H19N3O. The molecule has 96 valence electrons. The zero-order valence-corrected chi connectivity index (χ0v) is 10.7. The van der Waals surface area contributed by atoms with Crippen LogP contribution in [-0.2, 0) is 4.79 Å². The Morgan fingerprint density at radius 3 is 2.61 bits per heavy atom. The third kappa shape index (κ3) is 1.97. The Bertz CT molecular complexity index is 470. The van der Waals surface area contributed by atoms with Crippen LogP contribution >= 0.6 is 0 Å². The maximum absolute atomic E-state index is 12.1. The van der Waals surface area contributed by atoms with Gasteiger partial charge in [0.2, 0.25) is 5.91 Å². The van der Waals surface area contributed by atoms with Crippen molar-refractivity contribution in [2.24, 2.45) is 11.7 Å². The molecule has 0 aromatic heterocycles. The lowest BCUT2D eigenvalue weighted by Gasteiger charge is -2.25. The van der Waals surface area contributed by atoms with Crippen LogP contribution in [-0.4, -0.2) is 32.1 Å². The lowest BCUT2D eigenvalue weighted by molar-refractivity contribution is -0.119. The van der Waals surface area contributed by atoms with Gasteiger partial charge in [-0.2, -0.15) is 0 Å². The standard InChI is InChI=1S/C14H19N3O/c1-16-12-4-2-3-5-13(12)17(8-10-6-7-10)9-11(15)14(16)18/h2-5,10-11H,6-9,15H2,1H3. The number of carbonyl (C=O) groups excluding carboxylic acids is 1. The minimum Gasteiger partial charge on any atom is -0.367 e. The SMILES string of the molecule is CN1C(=O)C(N)CN(CC2CC2)c2ccccc21. The normalized spacial score (nSPS) is 23.9. The number of nitrogens with zero attached hydrogens (tertiary/aromatic N) is 2. The van der Waals surface area contributed by atoms with E-state index in [1.165, 1.54) is 12.8 Å². The number of nitrogens with two attached hydrogens (primary N) is 1. The van der Waals surface area contributed by atoms with Crippen molar-refractivity contribution in [3.8, 4) is 0 Å². The van der Waals surface area contributed by atoms with E-state index in [0.29, 0.717) is 6.54 Å². The fourth-order valence-electron chi connectivity index (χ4n) is 2.58. The summed E-state index contributed by atoms with van der Waals surface area (Å²) in [6.07, 6.45) is 2.61. The van der Waals surface area contributed by atoms with Gasteiger partial charge in [-0.25, -0.2) is 0 Å². The van der Waals surface area contributed by atoms with E-state index in [9.17, 15) is 4.79 Å². The van der Waals surface area contributed by atoms with Crippen LogP contribution in [0.4, 0.5) is 11.4 Å². The summed E-state index contributed by atoms with van der Waals surface area (Å²) in [5.74, 6) is 0.782. The summed E-state index contributed by atoms with van der Waals surface area (Å²) < 4.78 is 0. The first-order valence-corrected chi connectivity index (χ1v) is 6.54. The zero-order chi connectivity index (χ0) is 12.7. The molecule has 1 aromatic rings. The van der Waals surface area contributed by atoms with Gasteiger partial charge >= 0.3 is 0 Å². The van der Waals surface area contributed by atoms with Crippen molar-refractivity contribution in [3.63, 3.8) is 0 Å². The Hall–Kier alpha value is -1.55. The van der Waals surface area contributed by atoms with Gasteiger partial charge in [0.05, 0.1) is 11.4 Å². The predicted molar refractivity (Wildman–Crippen MR) is 72.8 cm³/mol. The van der Waals surface area contributed by atoms with Gasteiger partial charge in [-0.3, -0.25) is 4.79 Å². The van der Waals surface area contributed by atoms with Crippen LogP contribution in [0.2, 0.25) is 0 Å². The number of fused-ring (bicyclic) bond motifs is 1. The van der Waals surface area contributed by atoms with Crippen LogP contribution in [0.15, 0.2) is 24.3 Å². The van der Waals surface area contributed by atoms with Gasteiger partial charge in [0.25, 0.3) is 0 Å². The maximum atomic E-state index is 12.1. The summed E-state index contributed by atoms with van der Waals surface area (Å²) >= 11 is 0. The molecule has 4 nitrogen and oxygen atoms in total. The minimum absolute atomic E-state index is 0.000692. The molecule has 3 rings (SSSR count). The lowest BCUT2D eigenvalue weighted by Crippen LogP contribution is -2.46. The number of rotatable bonds is 2. The molecule has 2 aliphatic rings. The van der Waals surface area contributed by atoms with Gasteiger partial charge in [-0.15, -0.1) is 0 Å². The molecular weight excluding hydrogens is 226 g/mol. The van der Waals surface area contributed by atoms with Gasteiger partial charge in [0.15, 0.2) is 0 Å². The van der Waals surface area contributed by atoms with Crippen LogP contribution in [0.5, 0.6) is 0 Å². The summed E-state index contributed by atoms with van der Waals surface area (Å²) in [6.45, 7) is 1.64. The third-order valence-corrected chi connectivity index (χ3v) is 3.82. The highest BCUT2D eigenvalue weighted by atomic mass is 16.2. The fourth-order valence-corrected chi connectivity index (χ4v) is 2.58. The first-order valence-electron chi connectivity index (χ1n) is 6.54. The molecule has 1 unspecified atom stereocenters. The smallest absolute Gasteiger partial charge is 0.245 e. The van der Waals surface area contributed by atoms with E-state index in [1.54, 1.807) is 4.90 Å². The molecule has 1 amide bonds. The van der Waals surface area contributed by atoms with E-state index in [2.05, 4.69) is 11.0 Å². The molecule has 1 aliphatic carbocycles. The van der Waals surface area contributed by atoms with E-state index in [4.69, 9.17) is 5.73 Å². The number of hydrogen-bond donors (Lipinski definition) is 1. The second-order valence-electron chi connectivity index (χ2n) is 5.34. The van der Waals surface area contributed by atoms with Crippen molar-refractivity contribution in [1.29, 1.82) is 0 Å². The van der Waals surface area contributed by atoms with Crippen molar-refractivity contribution in [2.75, 3.05) is 29.9 Å². The second kappa shape index (κ2) is 4.28. The topological polar surface area (TPSA) is 49.6 Å². The molecule has 1 saturated carbocycles. The highest BCUT2D eigenvalue weighted by Crippen LogP contribution is 2.36. The largest absolute Gasteiger partial charge is 0.367 e. The Morgan fingerprint density at radius 1 is 1.28 bits per heavy atom. The summed E-state index contributed by atoms with van der Waals surface area (Å²) in [6, 6.07) is 7.63. The van der Waals surface area contributed by atoms with Gasteiger partial charge in [-0.1, -0.05) is 12.1 Å². The van der Waals surface area contributed by atoms with E-state index >= 15 is 0 Å². The average Bonchev–Trinajstić information content (AvgIpc) is 3.19. The lowest BCUT2D eigenvalue weighted by atomic mass is 10.2. The molecule has 1 atom stereocenters. The third-order valence-electron chi connectivity index (χ3n) is 3.82. The van der Waals surface area contributed by atoms with E-state index in [-0.39, 0.29) is 5.91 Å². The number of benzene rings is 1. The molecule has 2 N–H and O–H groups in total. The quantitative estimate of drug-likeness (QED) is 0.852. The highest BCUT2D eigenvalue weighted by Gasteiger charge is 2.32. The van der Waals surface area contributed by atoms with E-state index < -0.39 is 6.04 Å². The Kier molecular flexibility index (Phi) is 2.74. The summed E-state index contributed by atoms with van der Waals surface area (Å²) in [7, 11) is 1.81. The fraction of sp³-hybridized carbons (Fsp3) is 0.500. The monoisotopic (exact) mass is 245 g/mol. The van der Waals surface area contributed by atoms with E-state index in [0.717, 1.165) is 23.8 Å². The summed E-state index contributed by atoms with van der Waals surface area (Å²) in [5, 5.41) is 0. The molecule has 0 spiro atoms. The zero-order valence-electron chi connectivity index (χ0n) is 10.7. The molecule has 1 heterocycles.